The molecule has 0 bridgehead atoms. The summed E-state index contributed by atoms with van der Waals surface area (Å²) in [5.74, 6) is 0. The third-order valence-corrected chi connectivity index (χ3v) is 2.74. The van der Waals surface area contributed by atoms with E-state index in [0.717, 1.165) is 24.4 Å². The highest BCUT2D eigenvalue weighted by molar-refractivity contribution is 6.30. The van der Waals surface area contributed by atoms with Crippen LogP contribution in [0.4, 0.5) is 0 Å². The van der Waals surface area contributed by atoms with Gasteiger partial charge in [0.15, 0.2) is 0 Å². The van der Waals surface area contributed by atoms with Crippen LogP contribution in [-0.4, -0.2) is 9.78 Å². The van der Waals surface area contributed by atoms with Crippen LogP contribution in [0.1, 0.15) is 24.5 Å². The molecular weight excluding hydrogens is 220 g/mol. The van der Waals surface area contributed by atoms with E-state index in [1.54, 1.807) is 0 Å². The third-order valence-electron chi connectivity index (χ3n) is 2.48. The van der Waals surface area contributed by atoms with Gasteiger partial charge in [-0.25, -0.2) is 0 Å². The number of halogens is 1. The van der Waals surface area contributed by atoms with Gasteiger partial charge in [0.1, 0.15) is 0 Å². The lowest BCUT2D eigenvalue weighted by molar-refractivity contribution is 0.686. The fourth-order valence-corrected chi connectivity index (χ4v) is 1.81. The van der Waals surface area contributed by atoms with Crippen molar-refractivity contribution in [2.45, 2.75) is 26.3 Å². The number of benzene rings is 1. The van der Waals surface area contributed by atoms with Crippen molar-refractivity contribution in [1.82, 2.24) is 9.78 Å². The summed E-state index contributed by atoms with van der Waals surface area (Å²) in [6.45, 7) is 2.98. The first-order chi connectivity index (χ1) is 7.78. The molecule has 0 unspecified atom stereocenters. The van der Waals surface area contributed by atoms with Crippen LogP contribution in [0, 0.1) is 0 Å². The zero-order valence-electron chi connectivity index (χ0n) is 9.36. The Labute approximate surface area is 101 Å². The van der Waals surface area contributed by atoms with Crippen LogP contribution in [0.3, 0.4) is 0 Å². The SMILES string of the molecule is CCCc1cnn(Cc2ccc(Cl)cc2)c1. The molecule has 0 aliphatic carbocycles. The van der Waals surface area contributed by atoms with Gasteiger partial charge in [0.2, 0.25) is 0 Å². The molecule has 0 atom stereocenters. The van der Waals surface area contributed by atoms with Gasteiger partial charge < -0.3 is 0 Å². The van der Waals surface area contributed by atoms with Crippen molar-refractivity contribution >= 4 is 11.6 Å². The van der Waals surface area contributed by atoms with Crippen LogP contribution in [0.5, 0.6) is 0 Å². The molecule has 2 aromatic rings. The molecule has 2 rings (SSSR count). The monoisotopic (exact) mass is 234 g/mol. The standard InChI is InChI=1S/C13H15ClN2/c1-2-3-12-8-15-16(10-12)9-11-4-6-13(14)7-5-11/h4-8,10H,2-3,9H2,1H3. The highest BCUT2D eigenvalue weighted by atomic mass is 35.5. The molecule has 0 radical (unpaired) electrons. The van der Waals surface area contributed by atoms with E-state index in [-0.39, 0.29) is 0 Å². The minimum Gasteiger partial charge on any atom is -0.268 e. The van der Waals surface area contributed by atoms with Crippen LogP contribution < -0.4 is 0 Å². The lowest BCUT2D eigenvalue weighted by Crippen LogP contribution is -1.99. The maximum atomic E-state index is 5.84. The Morgan fingerprint density at radius 2 is 1.94 bits per heavy atom. The van der Waals surface area contributed by atoms with Crippen molar-refractivity contribution in [2.24, 2.45) is 0 Å². The summed E-state index contributed by atoms with van der Waals surface area (Å²) >= 11 is 5.84. The van der Waals surface area contributed by atoms with E-state index in [0.29, 0.717) is 0 Å². The summed E-state index contributed by atoms with van der Waals surface area (Å²) < 4.78 is 1.97. The van der Waals surface area contributed by atoms with E-state index in [9.17, 15) is 0 Å². The van der Waals surface area contributed by atoms with E-state index in [2.05, 4.69) is 18.2 Å². The molecule has 0 amide bonds. The predicted molar refractivity (Wildman–Crippen MR) is 66.8 cm³/mol. The summed E-state index contributed by atoms with van der Waals surface area (Å²) in [5, 5.41) is 5.11. The predicted octanol–water partition coefficient (Wildman–Crippen LogP) is 3.54. The second kappa shape index (κ2) is 5.17. The summed E-state index contributed by atoms with van der Waals surface area (Å²) in [7, 11) is 0. The minimum atomic E-state index is 0.774. The van der Waals surface area contributed by atoms with Gasteiger partial charge in [-0.15, -0.1) is 0 Å². The maximum Gasteiger partial charge on any atom is 0.0659 e. The Kier molecular flexibility index (Phi) is 3.62. The zero-order valence-corrected chi connectivity index (χ0v) is 10.1. The average molecular weight is 235 g/mol. The fraction of sp³-hybridized carbons (Fsp3) is 0.308. The Hall–Kier alpha value is -1.28. The second-order valence-electron chi connectivity index (χ2n) is 3.92. The lowest BCUT2D eigenvalue weighted by Gasteiger charge is -2.01. The van der Waals surface area contributed by atoms with Crippen LogP contribution >= 0.6 is 11.6 Å². The van der Waals surface area contributed by atoms with Crippen LogP contribution in [-0.2, 0) is 13.0 Å². The zero-order chi connectivity index (χ0) is 11.4. The lowest BCUT2D eigenvalue weighted by atomic mass is 10.2. The van der Waals surface area contributed by atoms with Gasteiger partial charge in [0, 0.05) is 11.2 Å². The summed E-state index contributed by atoms with van der Waals surface area (Å²) in [5.41, 5.74) is 2.52. The number of aryl methyl sites for hydroxylation is 1. The molecule has 0 saturated heterocycles. The van der Waals surface area contributed by atoms with Gasteiger partial charge in [-0.2, -0.15) is 5.10 Å². The van der Waals surface area contributed by atoms with Crippen molar-refractivity contribution < 1.29 is 0 Å². The van der Waals surface area contributed by atoms with Crippen molar-refractivity contribution in [1.29, 1.82) is 0 Å². The van der Waals surface area contributed by atoms with Gasteiger partial charge in [0.25, 0.3) is 0 Å². The molecule has 0 aliphatic rings. The van der Waals surface area contributed by atoms with Crippen molar-refractivity contribution in [2.75, 3.05) is 0 Å². The molecule has 2 nitrogen and oxygen atoms in total. The van der Waals surface area contributed by atoms with Crippen molar-refractivity contribution in [3.05, 3.63) is 52.8 Å². The molecule has 3 heteroatoms. The maximum absolute atomic E-state index is 5.84. The molecule has 0 N–H and O–H groups in total. The average Bonchev–Trinajstić information content (AvgIpc) is 2.70. The Bertz CT molecular complexity index is 445. The topological polar surface area (TPSA) is 17.8 Å². The van der Waals surface area contributed by atoms with Gasteiger partial charge in [-0.05, 0) is 29.7 Å². The first kappa shape index (κ1) is 11.2. The van der Waals surface area contributed by atoms with Crippen molar-refractivity contribution in [3.8, 4) is 0 Å². The molecule has 1 heterocycles. The normalized spacial score (nSPS) is 10.6. The van der Waals surface area contributed by atoms with Crippen molar-refractivity contribution in [3.63, 3.8) is 0 Å². The van der Waals surface area contributed by atoms with Gasteiger partial charge in [-0.3, -0.25) is 4.68 Å². The second-order valence-corrected chi connectivity index (χ2v) is 4.36. The molecule has 84 valence electrons. The van der Waals surface area contributed by atoms with Gasteiger partial charge >= 0.3 is 0 Å². The molecule has 0 fully saturated rings. The minimum absolute atomic E-state index is 0.774. The third kappa shape index (κ3) is 2.86. The first-order valence-corrected chi connectivity index (χ1v) is 5.91. The van der Waals surface area contributed by atoms with E-state index in [1.807, 2.05) is 35.1 Å². The fourth-order valence-electron chi connectivity index (χ4n) is 1.69. The molecule has 1 aromatic heterocycles. The van der Waals surface area contributed by atoms with E-state index in [1.165, 1.54) is 11.1 Å². The van der Waals surface area contributed by atoms with E-state index in [4.69, 9.17) is 11.6 Å². The summed E-state index contributed by atoms with van der Waals surface area (Å²) in [6, 6.07) is 7.88. The molecule has 0 aliphatic heterocycles. The largest absolute Gasteiger partial charge is 0.268 e. The number of aromatic nitrogens is 2. The molecule has 0 spiro atoms. The summed E-state index contributed by atoms with van der Waals surface area (Å²) in [4.78, 5) is 0. The Morgan fingerprint density at radius 1 is 1.19 bits per heavy atom. The number of nitrogens with zero attached hydrogens (tertiary/aromatic N) is 2. The van der Waals surface area contributed by atoms with E-state index < -0.39 is 0 Å². The smallest absolute Gasteiger partial charge is 0.0659 e. The first-order valence-electron chi connectivity index (χ1n) is 5.53. The molecule has 0 saturated carbocycles. The highest BCUT2D eigenvalue weighted by Gasteiger charge is 1.99. The van der Waals surface area contributed by atoms with E-state index >= 15 is 0 Å². The Balaban J connectivity index is 2.05. The summed E-state index contributed by atoms with van der Waals surface area (Å²) in [6.07, 6.45) is 6.31. The highest BCUT2D eigenvalue weighted by Crippen LogP contribution is 2.11. The number of rotatable bonds is 4. The molecular formula is C13H15ClN2. The van der Waals surface area contributed by atoms with Gasteiger partial charge in [0.05, 0.1) is 12.7 Å². The van der Waals surface area contributed by atoms with Crippen LogP contribution in [0.25, 0.3) is 0 Å². The number of hydrogen-bond acceptors (Lipinski definition) is 1. The Morgan fingerprint density at radius 3 is 2.62 bits per heavy atom. The van der Waals surface area contributed by atoms with Gasteiger partial charge in [-0.1, -0.05) is 37.1 Å². The number of hydrogen-bond donors (Lipinski definition) is 0. The molecule has 1 aromatic carbocycles. The molecule has 16 heavy (non-hydrogen) atoms. The van der Waals surface area contributed by atoms with Crippen LogP contribution in [0.15, 0.2) is 36.7 Å². The van der Waals surface area contributed by atoms with Crippen LogP contribution in [0.2, 0.25) is 5.02 Å². The quantitative estimate of drug-likeness (QED) is 0.791.